The van der Waals surface area contributed by atoms with Crippen LogP contribution in [-0.2, 0) is 17.1 Å². The van der Waals surface area contributed by atoms with E-state index in [1.807, 2.05) is 0 Å². The Morgan fingerprint density at radius 1 is 1.23 bits per heavy atom. The van der Waals surface area contributed by atoms with Crippen LogP contribution in [0.5, 0.6) is 11.5 Å². The first-order chi connectivity index (χ1) is 10.3. The van der Waals surface area contributed by atoms with Crippen LogP contribution in [-0.4, -0.2) is 32.4 Å². The fraction of sp³-hybridized carbons (Fsp3) is 0.308. The van der Waals surface area contributed by atoms with Crippen LogP contribution < -0.4 is 14.2 Å². The first-order valence-electron chi connectivity index (χ1n) is 6.24. The molecule has 0 fully saturated rings. The number of aromatic nitrogens is 2. The van der Waals surface area contributed by atoms with Crippen molar-refractivity contribution in [1.29, 1.82) is 0 Å². The summed E-state index contributed by atoms with van der Waals surface area (Å²) in [5.74, 6) is 0.915. The van der Waals surface area contributed by atoms with Gasteiger partial charge in [-0.3, -0.25) is 9.40 Å². The normalized spacial score (nSPS) is 11.3. The Morgan fingerprint density at radius 2 is 1.86 bits per heavy atom. The molecule has 1 aromatic heterocycles. The molecule has 1 heterocycles. The Morgan fingerprint density at radius 3 is 2.36 bits per heavy atom. The average molecular weight is 346 g/mol. The maximum Gasteiger partial charge on any atom is 0.266 e. The average Bonchev–Trinajstić information content (AvgIpc) is 2.71. The highest BCUT2D eigenvalue weighted by Crippen LogP contribution is 2.32. The maximum atomic E-state index is 12.5. The van der Waals surface area contributed by atoms with E-state index in [4.69, 9.17) is 21.1 Å². The topological polar surface area (TPSA) is 82.5 Å². The number of aryl methyl sites for hydroxylation is 2. The molecular formula is C13H16ClN3O4S. The molecule has 0 unspecified atom stereocenters. The molecule has 0 saturated heterocycles. The molecule has 0 aliphatic carbocycles. The third-order valence-corrected chi connectivity index (χ3v) is 5.08. The summed E-state index contributed by atoms with van der Waals surface area (Å²) in [6.45, 7) is 1.58. The van der Waals surface area contributed by atoms with Crippen LogP contribution in [0.4, 0.5) is 5.69 Å². The molecule has 0 spiro atoms. The van der Waals surface area contributed by atoms with Crippen LogP contribution in [0.15, 0.2) is 23.1 Å². The second-order valence-corrected chi connectivity index (χ2v) is 6.48. The van der Waals surface area contributed by atoms with Crippen LogP contribution >= 0.6 is 11.6 Å². The van der Waals surface area contributed by atoms with Gasteiger partial charge in [0.1, 0.15) is 10.0 Å². The van der Waals surface area contributed by atoms with Crippen molar-refractivity contribution in [2.24, 2.45) is 7.05 Å². The van der Waals surface area contributed by atoms with Gasteiger partial charge in [0.2, 0.25) is 0 Å². The Hall–Kier alpha value is -1.93. The fourth-order valence-electron chi connectivity index (χ4n) is 2.02. The zero-order valence-corrected chi connectivity index (χ0v) is 14.1. The largest absolute Gasteiger partial charge is 0.493 e. The zero-order chi connectivity index (χ0) is 16.5. The highest BCUT2D eigenvalue weighted by Gasteiger charge is 2.25. The van der Waals surface area contributed by atoms with Gasteiger partial charge in [-0.15, -0.1) is 0 Å². The summed E-state index contributed by atoms with van der Waals surface area (Å²) in [4.78, 5) is -0.0496. The number of hydrogen-bond donors (Lipinski definition) is 1. The van der Waals surface area contributed by atoms with Gasteiger partial charge in [-0.2, -0.15) is 5.10 Å². The molecule has 0 aliphatic heterocycles. The minimum absolute atomic E-state index is 0.0467. The number of halogens is 1. The molecule has 1 aromatic carbocycles. The number of nitrogens with zero attached hydrogens (tertiary/aromatic N) is 2. The van der Waals surface area contributed by atoms with Crippen molar-refractivity contribution in [3.05, 3.63) is 29.0 Å². The molecule has 9 heteroatoms. The lowest BCUT2D eigenvalue weighted by Crippen LogP contribution is -2.14. The Balaban J connectivity index is 2.41. The van der Waals surface area contributed by atoms with E-state index in [1.165, 1.54) is 25.0 Å². The summed E-state index contributed by atoms with van der Waals surface area (Å²) >= 11 is 6.01. The van der Waals surface area contributed by atoms with Crippen molar-refractivity contribution in [2.45, 2.75) is 11.8 Å². The fourth-order valence-corrected chi connectivity index (χ4v) is 3.82. The monoisotopic (exact) mass is 345 g/mol. The van der Waals surface area contributed by atoms with E-state index >= 15 is 0 Å². The van der Waals surface area contributed by atoms with Crippen molar-refractivity contribution in [2.75, 3.05) is 18.9 Å². The number of rotatable bonds is 5. The smallest absolute Gasteiger partial charge is 0.266 e. The van der Waals surface area contributed by atoms with E-state index < -0.39 is 10.0 Å². The number of ether oxygens (including phenoxy) is 2. The summed E-state index contributed by atoms with van der Waals surface area (Å²) in [5.41, 5.74) is 0.650. The van der Waals surface area contributed by atoms with E-state index in [-0.39, 0.29) is 10.0 Å². The molecule has 0 radical (unpaired) electrons. The quantitative estimate of drug-likeness (QED) is 0.898. The van der Waals surface area contributed by atoms with Crippen LogP contribution in [0.1, 0.15) is 5.69 Å². The van der Waals surface area contributed by atoms with Gasteiger partial charge < -0.3 is 9.47 Å². The Kier molecular flexibility index (Phi) is 4.52. The van der Waals surface area contributed by atoms with E-state index in [0.717, 1.165) is 0 Å². The van der Waals surface area contributed by atoms with Crippen molar-refractivity contribution in [3.8, 4) is 11.5 Å². The Bertz CT molecular complexity index is 802. The number of nitrogens with one attached hydrogen (secondary N) is 1. The highest BCUT2D eigenvalue weighted by molar-refractivity contribution is 7.92. The van der Waals surface area contributed by atoms with Gasteiger partial charge >= 0.3 is 0 Å². The third kappa shape index (κ3) is 2.97. The molecule has 7 nitrogen and oxygen atoms in total. The van der Waals surface area contributed by atoms with Crippen molar-refractivity contribution in [3.63, 3.8) is 0 Å². The molecule has 0 amide bonds. The molecule has 0 aliphatic rings. The minimum atomic E-state index is -3.86. The van der Waals surface area contributed by atoms with E-state index in [2.05, 4.69) is 9.82 Å². The highest BCUT2D eigenvalue weighted by atomic mass is 35.5. The number of sulfonamides is 1. The van der Waals surface area contributed by atoms with E-state index in [1.54, 1.807) is 26.1 Å². The van der Waals surface area contributed by atoms with Gasteiger partial charge in [0.25, 0.3) is 10.0 Å². The minimum Gasteiger partial charge on any atom is -0.493 e. The van der Waals surface area contributed by atoms with Crippen LogP contribution in [0.25, 0.3) is 0 Å². The van der Waals surface area contributed by atoms with E-state index in [9.17, 15) is 8.42 Å². The summed E-state index contributed by atoms with van der Waals surface area (Å²) in [6.07, 6.45) is 0. The second kappa shape index (κ2) is 6.05. The zero-order valence-electron chi connectivity index (χ0n) is 12.5. The summed E-state index contributed by atoms with van der Waals surface area (Å²) in [7, 11) is 0.685. The molecule has 0 saturated carbocycles. The third-order valence-electron chi connectivity index (χ3n) is 3.00. The van der Waals surface area contributed by atoms with Gasteiger partial charge in [-0.25, -0.2) is 8.42 Å². The number of hydrogen-bond acceptors (Lipinski definition) is 5. The maximum absolute atomic E-state index is 12.5. The first kappa shape index (κ1) is 16.4. The van der Waals surface area contributed by atoms with Crippen LogP contribution in [0.3, 0.4) is 0 Å². The standard InChI is InChI=1S/C13H16ClN3O4S/c1-8-12(13(14)17(2)15-8)22(18,19)16-9-5-6-10(20-3)11(7-9)21-4/h5-7,16H,1-4H3. The van der Waals surface area contributed by atoms with Gasteiger partial charge in [-0.1, -0.05) is 11.6 Å². The lowest BCUT2D eigenvalue weighted by atomic mass is 10.3. The van der Waals surface area contributed by atoms with Gasteiger partial charge in [0.15, 0.2) is 11.5 Å². The number of benzene rings is 1. The molecule has 120 valence electrons. The van der Waals surface area contributed by atoms with Crippen molar-refractivity contribution in [1.82, 2.24) is 9.78 Å². The number of methoxy groups -OCH3 is 2. The molecule has 0 atom stereocenters. The summed E-state index contributed by atoms with van der Waals surface area (Å²) < 4.78 is 39.0. The molecule has 2 aromatic rings. The number of anilines is 1. The predicted molar refractivity (Wildman–Crippen MR) is 83.3 cm³/mol. The van der Waals surface area contributed by atoms with Crippen LogP contribution in [0.2, 0.25) is 5.15 Å². The molecule has 0 bridgehead atoms. The van der Waals surface area contributed by atoms with Gasteiger partial charge in [-0.05, 0) is 19.1 Å². The molecular weight excluding hydrogens is 330 g/mol. The first-order valence-corrected chi connectivity index (χ1v) is 8.10. The SMILES string of the molecule is COc1ccc(NS(=O)(=O)c2c(C)nn(C)c2Cl)cc1OC. The van der Waals surface area contributed by atoms with Crippen LogP contribution in [0, 0.1) is 6.92 Å². The Labute approximate surface area is 133 Å². The van der Waals surface area contributed by atoms with Gasteiger partial charge in [0, 0.05) is 13.1 Å². The van der Waals surface area contributed by atoms with Crippen molar-refractivity contribution < 1.29 is 17.9 Å². The summed E-state index contributed by atoms with van der Waals surface area (Å²) in [6, 6.07) is 4.70. The van der Waals surface area contributed by atoms with E-state index in [0.29, 0.717) is 22.9 Å². The predicted octanol–water partition coefficient (Wildman–Crippen LogP) is 2.20. The molecule has 1 N–H and O–H groups in total. The van der Waals surface area contributed by atoms with Crippen molar-refractivity contribution >= 4 is 27.3 Å². The molecule has 2 rings (SSSR count). The van der Waals surface area contributed by atoms with Gasteiger partial charge in [0.05, 0.1) is 25.6 Å². The lowest BCUT2D eigenvalue weighted by Gasteiger charge is -2.11. The second-order valence-electron chi connectivity index (χ2n) is 4.50. The molecule has 22 heavy (non-hydrogen) atoms. The summed E-state index contributed by atoms with van der Waals surface area (Å²) in [5, 5.41) is 4.05. The lowest BCUT2D eigenvalue weighted by molar-refractivity contribution is 0.355.